The van der Waals surface area contributed by atoms with Crippen LogP contribution >= 0.6 is 0 Å². The lowest BCUT2D eigenvalue weighted by Gasteiger charge is -2.29. The Kier molecular flexibility index (Phi) is 5.64. The normalized spacial score (nSPS) is 18.0. The summed E-state index contributed by atoms with van der Waals surface area (Å²) in [6, 6.07) is 3.74. The van der Waals surface area contributed by atoms with Gasteiger partial charge in [-0.25, -0.2) is 13.2 Å². The molecule has 9 heteroatoms. The van der Waals surface area contributed by atoms with Crippen LogP contribution in [0.4, 0.5) is 18.9 Å². The second-order valence-corrected chi connectivity index (χ2v) is 7.30. The zero-order chi connectivity index (χ0) is 20.5. The maximum Gasteiger partial charge on any atom is 0.251 e. The zero-order valence-corrected chi connectivity index (χ0v) is 15.5. The Labute approximate surface area is 160 Å². The van der Waals surface area contributed by atoms with E-state index in [1.807, 2.05) is 0 Å². The molecule has 1 atom stereocenters. The van der Waals surface area contributed by atoms with Gasteiger partial charge < -0.3 is 16.2 Å². The Morgan fingerprint density at radius 1 is 1.43 bits per heavy atom. The highest BCUT2D eigenvalue weighted by Gasteiger charge is 2.35. The molecule has 0 saturated heterocycles. The summed E-state index contributed by atoms with van der Waals surface area (Å²) in [5, 5.41) is 17.6. The van der Waals surface area contributed by atoms with E-state index in [1.165, 1.54) is 12.1 Å². The van der Waals surface area contributed by atoms with Gasteiger partial charge in [0.05, 0.1) is 17.5 Å². The van der Waals surface area contributed by atoms with Crippen LogP contribution in [0.25, 0.3) is 0 Å². The summed E-state index contributed by atoms with van der Waals surface area (Å²) in [6.45, 7) is 2.20. The first-order valence-corrected chi connectivity index (χ1v) is 9.10. The third-order valence-corrected chi connectivity index (χ3v) is 5.14. The average Bonchev–Trinajstić information content (AvgIpc) is 2.97. The number of anilines is 1. The van der Waals surface area contributed by atoms with Crippen molar-refractivity contribution in [2.45, 2.75) is 51.3 Å². The zero-order valence-electron chi connectivity index (χ0n) is 15.5. The van der Waals surface area contributed by atoms with Crippen LogP contribution in [-0.2, 0) is 6.54 Å². The van der Waals surface area contributed by atoms with Crippen molar-refractivity contribution < 1.29 is 23.1 Å². The molecule has 1 fully saturated rings. The molecule has 1 saturated carbocycles. The largest absolute Gasteiger partial charge is 0.368 e. The number of rotatable bonds is 6. The van der Waals surface area contributed by atoms with Gasteiger partial charge in [-0.2, -0.15) is 5.10 Å². The van der Waals surface area contributed by atoms with Crippen LogP contribution in [-0.4, -0.2) is 26.7 Å². The lowest BCUT2D eigenvalue weighted by Crippen LogP contribution is -2.28. The average molecular weight is 396 g/mol. The molecule has 3 rings (SSSR count). The van der Waals surface area contributed by atoms with Gasteiger partial charge in [0.2, 0.25) is 5.92 Å². The van der Waals surface area contributed by atoms with Gasteiger partial charge in [0.15, 0.2) is 6.23 Å². The minimum absolute atomic E-state index is 0.0529. The molecule has 1 heterocycles. The van der Waals surface area contributed by atoms with Crippen LogP contribution in [0.15, 0.2) is 24.4 Å². The molecule has 1 aliphatic carbocycles. The van der Waals surface area contributed by atoms with E-state index < -0.39 is 23.9 Å². The molecule has 1 amide bonds. The molecule has 2 aromatic rings. The van der Waals surface area contributed by atoms with Gasteiger partial charge in [-0.15, -0.1) is 0 Å². The Balaban J connectivity index is 1.72. The number of hydrogen-bond donors (Lipinski definition) is 3. The highest BCUT2D eigenvalue weighted by atomic mass is 19.3. The van der Waals surface area contributed by atoms with E-state index in [4.69, 9.17) is 5.73 Å². The molecule has 0 radical (unpaired) electrons. The number of nitrogens with one attached hydrogen (secondary N) is 1. The number of hydrogen-bond acceptors (Lipinski definition) is 4. The molecule has 1 aliphatic rings. The Bertz CT molecular complexity index is 859. The summed E-state index contributed by atoms with van der Waals surface area (Å²) in [6.07, 6.45) is 0.919. The molecule has 1 unspecified atom stereocenters. The van der Waals surface area contributed by atoms with Gasteiger partial charge in [-0.05, 0) is 49.4 Å². The molecule has 0 bridgehead atoms. The lowest BCUT2D eigenvalue weighted by atomic mass is 9.87. The van der Waals surface area contributed by atoms with Gasteiger partial charge in [0.25, 0.3) is 5.91 Å². The molecule has 4 N–H and O–H groups in total. The quantitative estimate of drug-likeness (QED) is 0.653. The van der Waals surface area contributed by atoms with Gasteiger partial charge in [0.1, 0.15) is 5.82 Å². The van der Waals surface area contributed by atoms with Crippen molar-refractivity contribution in [2.24, 2.45) is 11.7 Å². The van der Waals surface area contributed by atoms with Crippen LogP contribution in [0.1, 0.15) is 53.5 Å². The minimum Gasteiger partial charge on any atom is -0.368 e. The fourth-order valence-electron chi connectivity index (χ4n) is 3.55. The first kappa shape index (κ1) is 20.2. The molecule has 1 aromatic carbocycles. The van der Waals surface area contributed by atoms with Crippen LogP contribution in [0.3, 0.4) is 0 Å². The Morgan fingerprint density at radius 3 is 2.71 bits per heavy atom. The van der Waals surface area contributed by atoms with Crippen LogP contribution < -0.4 is 11.1 Å². The van der Waals surface area contributed by atoms with E-state index in [9.17, 15) is 23.1 Å². The number of aromatic nitrogens is 2. The van der Waals surface area contributed by atoms with E-state index in [2.05, 4.69) is 10.4 Å². The van der Waals surface area contributed by atoms with E-state index in [1.54, 1.807) is 17.8 Å². The predicted molar refractivity (Wildman–Crippen MR) is 97.4 cm³/mol. The number of carbonyl (C=O) groups excluding carboxylic acids is 1. The topological polar surface area (TPSA) is 93.2 Å². The fraction of sp³-hybridized carbons (Fsp3) is 0.474. The number of alkyl halides is 2. The van der Waals surface area contributed by atoms with Crippen molar-refractivity contribution >= 4 is 11.6 Å². The minimum atomic E-state index is -2.60. The van der Waals surface area contributed by atoms with E-state index in [0.29, 0.717) is 25.1 Å². The number of amides is 1. The number of aliphatic hydroxyl groups excluding tert-OH is 1. The van der Waals surface area contributed by atoms with E-state index in [-0.39, 0.29) is 30.0 Å². The monoisotopic (exact) mass is 396 g/mol. The number of primary amides is 1. The van der Waals surface area contributed by atoms with Gasteiger partial charge in [-0.3, -0.25) is 9.48 Å². The Hall–Kier alpha value is -2.55. The number of nitrogens with zero attached hydrogens (tertiary/aromatic N) is 2. The third kappa shape index (κ3) is 4.46. The summed E-state index contributed by atoms with van der Waals surface area (Å²) in [5.74, 6) is -4.21. The third-order valence-electron chi connectivity index (χ3n) is 5.14. The molecular formula is C19H23F3N4O2. The summed E-state index contributed by atoms with van der Waals surface area (Å²) < 4.78 is 42.2. The second kappa shape index (κ2) is 7.83. The lowest BCUT2D eigenvalue weighted by molar-refractivity contribution is -0.0478. The smallest absolute Gasteiger partial charge is 0.251 e. The summed E-state index contributed by atoms with van der Waals surface area (Å²) in [4.78, 5) is 11.1. The second-order valence-electron chi connectivity index (χ2n) is 7.30. The van der Waals surface area contributed by atoms with Crippen LogP contribution in [0.2, 0.25) is 0 Å². The molecular weight excluding hydrogens is 373 g/mol. The number of benzene rings is 1. The molecule has 152 valence electrons. The highest BCUT2D eigenvalue weighted by Crippen LogP contribution is 2.37. The number of carbonyl (C=O) groups is 1. The van der Waals surface area contributed by atoms with Crippen molar-refractivity contribution in [1.29, 1.82) is 0 Å². The molecule has 6 nitrogen and oxygen atoms in total. The molecule has 0 aliphatic heterocycles. The number of halogens is 3. The van der Waals surface area contributed by atoms with E-state index in [0.717, 1.165) is 11.6 Å². The Morgan fingerprint density at radius 2 is 2.11 bits per heavy atom. The maximum absolute atomic E-state index is 13.9. The number of aryl methyl sites for hydroxylation is 1. The van der Waals surface area contributed by atoms with Gasteiger partial charge in [-0.1, -0.05) is 0 Å². The van der Waals surface area contributed by atoms with Crippen molar-refractivity contribution in [3.05, 3.63) is 47.0 Å². The van der Waals surface area contributed by atoms with Crippen molar-refractivity contribution in [1.82, 2.24) is 9.78 Å². The fourth-order valence-corrected chi connectivity index (χ4v) is 3.55. The molecule has 28 heavy (non-hydrogen) atoms. The van der Waals surface area contributed by atoms with Crippen LogP contribution in [0.5, 0.6) is 0 Å². The van der Waals surface area contributed by atoms with Crippen molar-refractivity contribution in [3.63, 3.8) is 0 Å². The molecule has 0 spiro atoms. The standard InChI is InChI=1S/C19H23F3N4O2/c1-11-9-24-26(10-12-4-6-19(21,22)7-5-12)16(11)18(28)25-13-2-3-14(17(23)27)15(20)8-13/h2-3,8-9,12,18,25,28H,4-7,10H2,1H3,(H2,23,27). The van der Waals surface area contributed by atoms with Crippen molar-refractivity contribution in [2.75, 3.05) is 5.32 Å². The van der Waals surface area contributed by atoms with Gasteiger partial charge in [0, 0.05) is 25.1 Å². The first-order valence-electron chi connectivity index (χ1n) is 9.10. The SMILES string of the molecule is Cc1cnn(CC2CCC(F)(F)CC2)c1C(O)Nc1ccc(C(N)=O)c(F)c1. The summed E-state index contributed by atoms with van der Waals surface area (Å²) >= 11 is 0. The van der Waals surface area contributed by atoms with E-state index >= 15 is 0 Å². The first-order chi connectivity index (χ1) is 13.2. The number of nitrogens with two attached hydrogens (primary N) is 1. The summed E-state index contributed by atoms with van der Waals surface area (Å²) in [5.41, 5.74) is 6.31. The summed E-state index contributed by atoms with van der Waals surface area (Å²) in [7, 11) is 0. The highest BCUT2D eigenvalue weighted by molar-refractivity contribution is 5.93. The predicted octanol–water partition coefficient (Wildman–Crippen LogP) is 3.36. The molecule has 1 aromatic heterocycles. The number of aliphatic hydroxyl groups is 1. The van der Waals surface area contributed by atoms with Crippen LogP contribution in [0, 0.1) is 18.7 Å². The van der Waals surface area contributed by atoms with Crippen molar-refractivity contribution in [3.8, 4) is 0 Å². The van der Waals surface area contributed by atoms with Gasteiger partial charge >= 0.3 is 0 Å². The maximum atomic E-state index is 13.9.